The maximum absolute atomic E-state index is 10.3. The Morgan fingerprint density at radius 2 is 2.22 bits per heavy atom. The SMILES string of the molecule is Cc1ccc(Cl)c(OC[C@H](O)CN(C)[C@H]2CCN(C)[C@@H](C)C2)c1. The summed E-state index contributed by atoms with van der Waals surface area (Å²) in [4.78, 5) is 4.65. The van der Waals surface area contributed by atoms with Crippen molar-refractivity contribution < 1.29 is 9.84 Å². The van der Waals surface area contributed by atoms with Gasteiger partial charge in [0.25, 0.3) is 0 Å². The highest BCUT2D eigenvalue weighted by Gasteiger charge is 2.26. The minimum atomic E-state index is -0.522. The summed E-state index contributed by atoms with van der Waals surface area (Å²) < 4.78 is 5.69. The number of likely N-dealkylation sites (tertiary alicyclic amines) is 1. The maximum Gasteiger partial charge on any atom is 0.138 e. The van der Waals surface area contributed by atoms with Gasteiger partial charge in [-0.2, -0.15) is 0 Å². The van der Waals surface area contributed by atoms with Crippen LogP contribution in [0.1, 0.15) is 25.3 Å². The Labute approximate surface area is 145 Å². The number of likely N-dealkylation sites (N-methyl/N-ethyl adjacent to an activating group) is 1. The first kappa shape index (κ1) is 18.5. The molecule has 0 spiro atoms. The fourth-order valence-corrected chi connectivity index (χ4v) is 3.28. The van der Waals surface area contributed by atoms with Gasteiger partial charge in [0.2, 0.25) is 0 Å². The number of benzene rings is 1. The standard InChI is InChI=1S/C18H29ClN2O2/c1-13-5-6-17(19)18(9-13)23-12-16(22)11-21(4)15-7-8-20(3)14(2)10-15/h5-6,9,14-16,22H,7-8,10-12H2,1-4H3/t14-,15-,16+/m0/s1. The molecule has 0 aliphatic carbocycles. The number of piperidine rings is 1. The van der Waals surface area contributed by atoms with E-state index in [9.17, 15) is 5.11 Å². The Bertz CT molecular complexity index is 512. The number of hydrogen-bond donors (Lipinski definition) is 1. The van der Waals surface area contributed by atoms with Crippen LogP contribution >= 0.6 is 11.6 Å². The zero-order valence-electron chi connectivity index (χ0n) is 14.6. The third kappa shape index (κ3) is 5.35. The highest BCUT2D eigenvalue weighted by atomic mass is 35.5. The van der Waals surface area contributed by atoms with Crippen LogP contribution in [0.2, 0.25) is 5.02 Å². The topological polar surface area (TPSA) is 35.9 Å². The fourth-order valence-electron chi connectivity index (χ4n) is 3.11. The van der Waals surface area contributed by atoms with E-state index in [1.807, 2.05) is 25.1 Å². The average Bonchev–Trinajstić information content (AvgIpc) is 2.50. The van der Waals surface area contributed by atoms with Crippen molar-refractivity contribution in [3.8, 4) is 5.75 Å². The van der Waals surface area contributed by atoms with Crippen molar-refractivity contribution in [2.24, 2.45) is 0 Å². The normalized spacial score (nSPS) is 24.0. The van der Waals surface area contributed by atoms with Crippen LogP contribution in [0.4, 0.5) is 0 Å². The molecule has 0 aromatic heterocycles. The number of aliphatic hydroxyl groups excluding tert-OH is 1. The lowest BCUT2D eigenvalue weighted by atomic mass is 9.97. The molecular weight excluding hydrogens is 312 g/mol. The molecule has 1 N–H and O–H groups in total. The van der Waals surface area contributed by atoms with E-state index in [1.165, 1.54) is 0 Å². The van der Waals surface area contributed by atoms with Crippen LogP contribution in [0.5, 0.6) is 5.75 Å². The van der Waals surface area contributed by atoms with Crippen LogP contribution in [0, 0.1) is 6.92 Å². The largest absolute Gasteiger partial charge is 0.489 e. The van der Waals surface area contributed by atoms with E-state index in [-0.39, 0.29) is 6.61 Å². The number of nitrogens with zero attached hydrogens (tertiary/aromatic N) is 2. The van der Waals surface area contributed by atoms with Crippen molar-refractivity contribution in [1.82, 2.24) is 9.80 Å². The lowest BCUT2D eigenvalue weighted by molar-refractivity contribution is 0.0405. The molecule has 0 saturated carbocycles. The fraction of sp³-hybridized carbons (Fsp3) is 0.667. The third-order valence-corrected chi connectivity index (χ3v) is 5.13. The molecule has 0 radical (unpaired) electrons. The molecule has 0 amide bonds. The van der Waals surface area contributed by atoms with Gasteiger partial charge in [-0.1, -0.05) is 17.7 Å². The van der Waals surface area contributed by atoms with E-state index in [0.717, 1.165) is 24.9 Å². The Balaban J connectivity index is 1.80. The Hall–Kier alpha value is -0.810. The molecule has 0 unspecified atom stereocenters. The molecule has 3 atom stereocenters. The van der Waals surface area contributed by atoms with Crippen LogP contribution in [0.25, 0.3) is 0 Å². The first-order chi connectivity index (χ1) is 10.9. The average molecular weight is 341 g/mol. The smallest absolute Gasteiger partial charge is 0.138 e. The zero-order valence-corrected chi connectivity index (χ0v) is 15.4. The summed E-state index contributed by atoms with van der Waals surface area (Å²) in [5.74, 6) is 0.640. The van der Waals surface area contributed by atoms with Crippen molar-refractivity contribution in [2.45, 2.75) is 44.9 Å². The van der Waals surface area contributed by atoms with E-state index in [1.54, 1.807) is 0 Å². The quantitative estimate of drug-likeness (QED) is 0.863. The Kier molecular flexibility index (Phi) is 6.72. The number of halogens is 1. The highest BCUT2D eigenvalue weighted by molar-refractivity contribution is 6.32. The van der Waals surface area contributed by atoms with Gasteiger partial charge in [-0.05, 0) is 65.0 Å². The first-order valence-electron chi connectivity index (χ1n) is 8.34. The van der Waals surface area contributed by atoms with Crippen LogP contribution < -0.4 is 4.74 Å². The van der Waals surface area contributed by atoms with E-state index in [0.29, 0.717) is 29.4 Å². The Morgan fingerprint density at radius 3 is 2.91 bits per heavy atom. The van der Waals surface area contributed by atoms with Gasteiger partial charge in [0.05, 0.1) is 5.02 Å². The van der Waals surface area contributed by atoms with E-state index < -0.39 is 6.10 Å². The third-order valence-electron chi connectivity index (χ3n) is 4.82. The molecule has 4 nitrogen and oxygen atoms in total. The molecule has 1 fully saturated rings. The van der Waals surface area contributed by atoms with Crippen molar-refractivity contribution in [3.63, 3.8) is 0 Å². The summed E-state index contributed by atoms with van der Waals surface area (Å²) in [5.41, 5.74) is 1.09. The van der Waals surface area contributed by atoms with Gasteiger partial charge in [0.15, 0.2) is 0 Å². The second-order valence-corrected chi connectivity index (χ2v) is 7.25. The summed E-state index contributed by atoms with van der Waals surface area (Å²) in [6.07, 6.45) is 1.77. The second kappa shape index (κ2) is 8.34. The van der Waals surface area contributed by atoms with Gasteiger partial charge in [-0.3, -0.25) is 0 Å². The molecule has 5 heteroatoms. The van der Waals surface area contributed by atoms with Crippen molar-refractivity contribution in [1.29, 1.82) is 0 Å². The summed E-state index contributed by atoms with van der Waals surface area (Å²) >= 11 is 6.12. The van der Waals surface area contributed by atoms with Gasteiger partial charge in [-0.25, -0.2) is 0 Å². The maximum atomic E-state index is 10.3. The minimum Gasteiger partial charge on any atom is -0.489 e. The predicted molar refractivity (Wildman–Crippen MR) is 95.4 cm³/mol. The van der Waals surface area contributed by atoms with Gasteiger partial charge < -0.3 is 19.6 Å². The van der Waals surface area contributed by atoms with Gasteiger partial charge >= 0.3 is 0 Å². The van der Waals surface area contributed by atoms with E-state index >= 15 is 0 Å². The summed E-state index contributed by atoms with van der Waals surface area (Å²) in [6, 6.07) is 6.79. The summed E-state index contributed by atoms with van der Waals surface area (Å²) in [5, 5.41) is 10.9. The molecule has 23 heavy (non-hydrogen) atoms. The monoisotopic (exact) mass is 340 g/mol. The Morgan fingerprint density at radius 1 is 1.48 bits per heavy atom. The van der Waals surface area contributed by atoms with Gasteiger partial charge in [0, 0.05) is 18.6 Å². The van der Waals surface area contributed by atoms with Crippen LogP contribution in [0.15, 0.2) is 18.2 Å². The molecule has 0 bridgehead atoms. The number of rotatable bonds is 6. The molecule has 1 aliphatic heterocycles. The molecule has 1 heterocycles. The van der Waals surface area contributed by atoms with Crippen LogP contribution in [-0.2, 0) is 0 Å². The van der Waals surface area contributed by atoms with Crippen LogP contribution in [-0.4, -0.2) is 66.9 Å². The lowest BCUT2D eigenvalue weighted by Crippen LogP contribution is -2.48. The van der Waals surface area contributed by atoms with Crippen LogP contribution in [0.3, 0.4) is 0 Å². The molecule has 1 aliphatic rings. The highest BCUT2D eigenvalue weighted by Crippen LogP contribution is 2.25. The summed E-state index contributed by atoms with van der Waals surface area (Å²) in [6.45, 7) is 6.25. The molecule has 130 valence electrons. The van der Waals surface area contributed by atoms with E-state index in [2.05, 4.69) is 30.8 Å². The van der Waals surface area contributed by atoms with Crippen molar-refractivity contribution in [2.75, 3.05) is 33.8 Å². The molecule has 1 saturated heterocycles. The number of ether oxygens (including phenoxy) is 1. The predicted octanol–water partition coefficient (Wildman–Crippen LogP) is 2.80. The number of aryl methyl sites for hydroxylation is 1. The minimum absolute atomic E-state index is 0.260. The second-order valence-electron chi connectivity index (χ2n) is 6.85. The van der Waals surface area contributed by atoms with E-state index in [4.69, 9.17) is 16.3 Å². The molecule has 2 rings (SSSR count). The summed E-state index contributed by atoms with van der Waals surface area (Å²) in [7, 11) is 4.26. The van der Waals surface area contributed by atoms with Crippen molar-refractivity contribution >= 4 is 11.6 Å². The first-order valence-corrected chi connectivity index (χ1v) is 8.72. The van der Waals surface area contributed by atoms with Gasteiger partial charge in [-0.15, -0.1) is 0 Å². The zero-order chi connectivity index (χ0) is 17.0. The van der Waals surface area contributed by atoms with Gasteiger partial charge in [0.1, 0.15) is 18.5 Å². The lowest BCUT2D eigenvalue weighted by Gasteiger charge is -2.39. The molecule has 1 aromatic rings. The molecular formula is C18H29ClN2O2. The van der Waals surface area contributed by atoms with Crippen molar-refractivity contribution in [3.05, 3.63) is 28.8 Å². The molecule has 1 aromatic carbocycles. The number of aliphatic hydroxyl groups is 1. The number of hydrogen-bond acceptors (Lipinski definition) is 4.